The van der Waals surface area contributed by atoms with Gasteiger partial charge < -0.3 is 20.5 Å². The number of anilines is 1. The van der Waals surface area contributed by atoms with E-state index in [1.165, 1.54) is 16.5 Å². The van der Waals surface area contributed by atoms with Gasteiger partial charge in [0.1, 0.15) is 0 Å². The summed E-state index contributed by atoms with van der Waals surface area (Å²) in [5.74, 6) is 0.143. The van der Waals surface area contributed by atoms with E-state index in [0.717, 1.165) is 42.6 Å². The number of aromatic nitrogens is 1. The molecule has 3 N–H and O–H groups in total. The molecule has 6 nitrogen and oxygen atoms in total. The van der Waals surface area contributed by atoms with Crippen molar-refractivity contribution < 1.29 is 9.59 Å². The number of hydrogen-bond donors (Lipinski definition) is 3. The number of carbonyl (C=O) groups is 2. The van der Waals surface area contributed by atoms with Gasteiger partial charge in [-0.3, -0.25) is 4.79 Å². The molecule has 4 aromatic rings. The van der Waals surface area contributed by atoms with Gasteiger partial charge in [0.15, 0.2) is 0 Å². The van der Waals surface area contributed by atoms with Crippen molar-refractivity contribution in [1.29, 1.82) is 0 Å². The first-order chi connectivity index (χ1) is 17.6. The summed E-state index contributed by atoms with van der Waals surface area (Å²) < 4.78 is 0. The highest BCUT2D eigenvalue weighted by Crippen LogP contribution is 2.28. The molecule has 1 aliphatic rings. The molecule has 5 rings (SSSR count). The molecule has 0 spiro atoms. The van der Waals surface area contributed by atoms with Gasteiger partial charge in [-0.25, -0.2) is 4.79 Å². The minimum atomic E-state index is -0.0766. The van der Waals surface area contributed by atoms with Gasteiger partial charge in [-0.15, -0.1) is 0 Å². The molecule has 0 aliphatic carbocycles. The number of para-hydroxylation sites is 1. The minimum absolute atomic E-state index is 0.0673. The number of fused-ring (bicyclic) bond motifs is 1. The van der Waals surface area contributed by atoms with Crippen LogP contribution in [-0.4, -0.2) is 41.5 Å². The monoisotopic (exact) mass is 480 g/mol. The van der Waals surface area contributed by atoms with Crippen LogP contribution in [0.25, 0.3) is 10.9 Å². The van der Waals surface area contributed by atoms with Crippen LogP contribution < -0.4 is 10.6 Å². The molecule has 0 radical (unpaired) electrons. The number of nitrogens with one attached hydrogen (secondary N) is 3. The lowest BCUT2D eigenvalue weighted by molar-refractivity contribution is 0.0954. The first kappa shape index (κ1) is 23.7. The van der Waals surface area contributed by atoms with Crippen molar-refractivity contribution in [3.8, 4) is 0 Å². The predicted molar refractivity (Wildman–Crippen MR) is 145 cm³/mol. The van der Waals surface area contributed by atoms with Crippen LogP contribution in [0.5, 0.6) is 0 Å². The third-order valence-electron chi connectivity index (χ3n) is 6.96. The number of piperidine rings is 1. The zero-order valence-corrected chi connectivity index (χ0v) is 20.6. The van der Waals surface area contributed by atoms with Gasteiger partial charge >= 0.3 is 6.03 Å². The Morgan fingerprint density at radius 1 is 1.03 bits per heavy atom. The molecule has 2 heterocycles. The van der Waals surface area contributed by atoms with Gasteiger partial charge in [-0.2, -0.15) is 0 Å². The number of H-pyrrole nitrogens is 1. The van der Waals surface area contributed by atoms with Crippen molar-refractivity contribution in [3.63, 3.8) is 0 Å². The van der Waals surface area contributed by atoms with Crippen molar-refractivity contribution in [1.82, 2.24) is 15.2 Å². The fraction of sp³-hybridized carbons (Fsp3) is 0.267. The molecule has 1 saturated heterocycles. The van der Waals surface area contributed by atoms with E-state index in [2.05, 4.69) is 46.8 Å². The quantitative estimate of drug-likeness (QED) is 0.323. The van der Waals surface area contributed by atoms with E-state index >= 15 is 0 Å². The lowest BCUT2D eigenvalue weighted by atomic mass is 9.89. The number of hydrogen-bond acceptors (Lipinski definition) is 2. The minimum Gasteiger partial charge on any atom is -0.361 e. The van der Waals surface area contributed by atoms with Crippen LogP contribution in [-0.2, 0) is 6.42 Å². The zero-order chi connectivity index (χ0) is 24.9. The summed E-state index contributed by atoms with van der Waals surface area (Å²) in [6.45, 7) is 4.04. The van der Waals surface area contributed by atoms with Crippen molar-refractivity contribution in [2.24, 2.45) is 0 Å². The molecule has 1 unspecified atom stereocenters. The van der Waals surface area contributed by atoms with E-state index in [4.69, 9.17) is 0 Å². The van der Waals surface area contributed by atoms with Crippen LogP contribution in [0.4, 0.5) is 10.5 Å². The van der Waals surface area contributed by atoms with E-state index < -0.39 is 0 Å². The molecule has 1 atom stereocenters. The maximum absolute atomic E-state index is 12.9. The molecule has 36 heavy (non-hydrogen) atoms. The number of aryl methyl sites for hydroxylation is 1. The Kier molecular flexibility index (Phi) is 7.03. The van der Waals surface area contributed by atoms with Crippen LogP contribution in [0.15, 0.2) is 79.0 Å². The van der Waals surface area contributed by atoms with Gasteiger partial charge in [0, 0.05) is 53.9 Å². The number of likely N-dealkylation sites (tertiary alicyclic amines) is 1. The van der Waals surface area contributed by atoms with E-state index in [1.54, 1.807) is 0 Å². The number of benzene rings is 3. The normalized spacial score (nSPS) is 15.6. The number of aromatic amines is 1. The van der Waals surface area contributed by atoms with Crippen LogP contribution in [0.1, 0.15) is 45.8 Å². The van der Waals surface area contributed by atoms with Crippen molar-refractivity contribution in [3.05, 3.63) is 101 Å². The number of carbonyl (C=O) groups excluding carboxylic acids is 2. The first-order valence-electron chi connectivity index (χ1n) is 12.6. The molecule has 1 aliphatic heterocycles. The number of rotatable bonds is 6. The summed E-state index contributed by atoms with van der Waals surface area (Å²) in [5, 5.41) is 7.27. The standard InChI is InChI=1S/C30H32N4O2/c1-21-12-13-28-27(17-21)24(19-32-28)14-15-31-29(35)23-8-5-7-22(18-23)25-9-6-16-34(20-25)30(36)33-26-10-3-2-4-11-26/h2-5,7-8,10-13,17-19,25,32H,6,9,14-16,20H2,1H3,(H,31,35)(H,33,36). The number of amides is 3. The Morgan fingerprint density at radius 2 is 1.89 bits per heavy atom. The number of nitrogens with zero attached hydrogens (tertiary/aromatic N) is 1. The van der Waals surface area contributed by atoms with Crippen molar-refractivity contribution in [2.45, 2.75) is 32.1 Å². The first-order valence-corrected chi connectivity index (χ1v) is 12.6. The second-order valence-electron chi connectivity index (χ2n) is 9.58. The average molecular weight is 481 g/mol. The predicted octanol–water partition coefficient (Wildman–Crippen LogP) is 5.86. The van der Waals surface area contributed by atoms with Gasteiger partial charge in [0.25, 0.3) is 5.91 Å². The Morgan fingerprint density at radius 3 is 2.75 bits per heavy atom. The van der Waals surface area contributed by atoms with Crippen molar-refractivity contribution in [2.75, 3.05) is 25.0 Å². The Bertz CT molecular complexity index is 1360. The molecule has 1 fully saturated rings. The molecule has 3 aromatic carbocycles. The maximum Gasteiger partial charge on any atom is 0.321 e. The van der Waals surface area contributed by atoms with E-state index in [0.29, 0.717) is 18.7 Å². The summed E-state index contributed by atoms with van der Waals surface area (Å²) >= 11 is 0. The molecule has 184 valence electrons. The molecule has 6 heteroatoms. The lowest BCUT2D eigenvalue weighted by Gasteiger charge is -2.33. The molecule has 0 saturated carbocycles. The summed E-state index contributed by atoms with van der Waals surface area (Å²) in [6.07, 6.45) is 4.73. The summed E-state index contributed by atoms with van der Waals surface area (Å²) in [5.41, 5.74) is 6.11. The fourth-order valence-corrected chi connectivity index (χ4v) is 5.00. The van der Waals surface area contributed by atoms with Crippen LogP contribution in [0, 0.1) is 6.92 Å². The van der Waals surface area contributed by atoms with Gasteiger partial charge in [0.05, 0.1) is 0 Å². The van der Waals surface area contributed by atoms with Crippen molar-refractivity contribution >= 4 is 28.5 Å². The third kappa shape index (κ3) is 5.43. The largest absolute Gasteiger partial charge is 0.361 e. The Hall–Kier alpha value is -4.06. The summed E-state index contributed by atoms with van der Waals surface area (Å²) in [7, 11) is 0. The highest BCUT2D eigenvalue weighted by atomic mass is 16.2. The van der Waals surface area contributed by atoms with Gasteiger partial charge in [-0.1, -0.05) is 42.0 Å². The highest BCUT2D eigenvalue weighted by molar-refractivity contribution is 5.94. The summed E-state index contributed by atoms with van der Waals surface area (Å²) in [6, 6.07) is 23.7. The second-order valence-corrected chi connectivity index (χ2v) is 9.58. The fourth-order valence-electron chi connectivity index (χ4n) is 5.00. The van der Waals surface area contributed by atoms with Crippen LogP contribution in [0.3, 0.4) is 0 Å². The highest BCUT2D eigenvalue weighted by Gasteiger charge is 2.25. The maximum atomic E-state index is 12.9. The molecule has 0 bridgehead atoms. The number of urea groups is 1. The molecule has 1 aromatic heterocycles. The molecular formula is C30H32N4O2. The summed E-state index contributed by atoms with van der Waals surface area (Å²) in [4.78, 5) is 30.9. The topological polar surface area (TPSA) is 77.2 Å². The van der Waals surface area contributed by atoms with Gasteiger partial charge in [-0.05, 0) is 73.7 Å². The van der Waals surface area contributed by atoms with Crippen LogP contribution in [0.2, 0.25) is 0 Å². The molecular weight excluding hydrogens is 448 g/mol. The zero-order valence-electron chi connectivity index (χ0n) is 20.6. The third-order valence-corrected chi connectivity index (χ3v) is 6.96. The van der Waals surface area contributed by atoms with E-state index in [1.807, 2.05) is 59.6 Å². The van der Waals surface area contributed by atoms with E-state index in [-0.39, 0.29) is 17.9 Å². The second kappa shape index (κ2) is 10.7. The Labute approximate surface area is 211 Å². The van der Waals surface area contributed by atoms with E-state index in [9.17, 15) is 9.59 Å². The molecule has 3 amide bonds. The SMILES string of the molecule is Cc1ccc2[nH]cc(CCNC(=O)c3cccc(C4CCCN(C(=O)Nc5ccccc5)C4)c3)c2c1. The Balaban J connectivity index is 1.19. The smallest absolute Gasteiger partial charge is 0.321 e. The van der Waals surface area contributed by atoms with Gasteiger partial charge in [0.2, 0.25) is 0 Å². The average Bonchev–Trinajstić information content (AvgIpc) is 3.31. The van der Waals surface area contributed by atoms with Crippen LogP contribution >= 0.6 is 0 Å². The lowest BCUT2D eigenvalue weighted by Crippen LogP contribution is -2.41.